The van der Waals surface area contributed by atoms with E-state index in [4.69, 9.17) is 18.5 Å². The van der Waals surface area contributed by atoms with Gasteiger partial charge < -0.3 is 18.5 Å². The molecule has 0 saturated heterocycles. The van der Waals surface area contributed by atoms with Crippen molar-refractivity contribution >= 4 is 24.8 Å². The van der Waals surface area contributed by atoms with Gasteiger partial charge in [0, 0.05) is 0 Å². The van der Waals surface area contributed by atoms with E-state index in [2.05, 4.69) is 13.8 Å². The summed E-state index contributed by atoms with van der Waals surface area (Å²) in [5.74, 6) is -1.08. The molecule has 0 amide bonds. The first kappa shape index (κ1) is 60.3. The maximum Gasteiger partial charge on any atom is 0.361 e. The summed E-state index contributed by atoms with van der Waals surface area (Å²) in [6.07, 6.45) is 50.0. The lowest BCUT2D eigenvalue weighted by Gasteiger charge is -2.20. The van der Waals surface area contributed by atoms with Crippen molar-refractivity contribution in [2.24, 2.45) is 0 Å². The van der Waals surface area contributed by atoms with Crippen LogP contribution in [0.5, 0.6) is 0 Å². The lowest BCUT2D eigenvalue weighted by Crippen LogP contribution is -2.19. The molecule has 1 aromatic carbocycles. The molecule has 0 aromatic heterocycles. The summed E-state index contributed by atoms with van der Waals surface area (Å²) in [4.78, 5) is 26.8. The number of hydrogen-bond donors (Lipinski definition) is 0. The van der Waals surface area contributed by atoms with Crippen molar-refractivity contribution in [3.8, 4) is 0 Å². The van der Waals surface area contributed by atoms with Crippen LogP contribution in [0.15, 0.2) is 18.2 Å². The maximum atomic E-state index is 14.2. The zero-order valence-electron chi connectivity index (χ0n) is 42.6. The number of ether oxygens (including phenoxy) is 2. The second-order valence-electron chi connectivity index (χ2n) is 18.9. The average molecular weight is 919 g/mol. The Morgan fingerprint density at radius 3 is 0.812 bits per heavy atom. The molecule has 0 radical (unpaired) electrons. The van der Waals surface area contributed by atoms with Crippen LogP contribution in [-0.2, 0) is 23.1 Å². The molecule has 0 aliphatic carbocycles. The van der Waals surface area contributed by atoms with Crippen molar-refractivity contribution in [2.75, 3.05) is 26.4 Å². The van der Waals surface area contributed by atoms with E-state index in [1.807, 2.05) is 13.8 Å². The van der Waals surface area contributed by atoms with Crippen LogP contribution in [-0.4, -0.2) is 38.4 Å². The summed E-state index contributed by atoms with van der Waals surface area (Å²) in [5.41, 5.74) is 0.330. The maximum absolute atomic E-state index is 14.2. The molecule has 0 fully saturated rings. The van der Waals surface area contributed by atoms with Crippen LogP contribution in [0.4, 0.5) is 0 Å². The fourth-order valence-corrected chi connectivity index (χ4v) is 10.1. The van der Waals surface area contributed by atoms with Crippen molar-refractivity contribution in [3.63, 3.8) is 0 Å². The van der Waals surface area contributed by atoms with E-state index >= 15 is 0 Å². The Bertz CT molecular complexity index is 1170. The molecule has 1 rings (SSSR count). The SMILES string of the molecule is CCCCCCCCCCCCCCCCCCCCOC(=O)c1cc(C(=O)OCCCCCCCCCCCCCCCCCCCC)cc(P(=O)(OCCCC)OCCCC)c1. The molecule has 0 aliphatic rings. The number of carbonyl (C=O) groups is 2. The Kier molecular flexibility index (Phi) is 42.5. The minimum absolute atomic E-state index is 0.165. The van der Waals surface area contributed by atoms with E-state index in [9.17, 15) is 14.2 Å². The summed E-state index contributed by atoms with van der Waals surface area (Å²) in [7, 11) is -3.81. The fourth-order valence-electron chi connectivity index (χ4n) is 8.35. The van der Waals surface area contributed by atoms with Crippen molar-refractivity contribution < 1.29 is 32.7 Å². The average Bonchev–Trinajstić information content (AvgIpc) is 3.30. The smallest absolute Gasteiger partial charge is 0.361 e. The van der Waals surface area contributed by atoms with E-state index in [1.54, 1.807) is 0 Å². The predicted octanol–water partition coefficient (Wildman–Crippen LogP) is 18.5. The molecule has 0 N–H and O–H groups in total. The first-order valence-electron chi connectivity index (χ1n) is 27.8. The van der Waals surface area contributed by atoms with Crippen LogP contribution in [0.2, 0.25) is 0 Å². The number of hydrogen-bond acceptors (Lipinski definition) is 7. The van der Waals surface area contributed by atoms with Gasteiger partial charge in [0.15, 0.2) is 0 Å². The van der Waals surface area contributed by atoms with Crippen molar-refractivity contribution in [1.29, 1.82) is 0 Å². The third kappa shape index (κ3) is 34.6. The molecule has 0 atom stereocenters. The molecule has 0 unspecified atom stereocenters. The molecular weight excluding hydrogens is 816 g/mol. The lowest BCUT2D eigenvalue weighted by molar-refractivity contribution is 0.0496. The van der Waals surface area contributed by atoms with Crippen molar-refractivity contribution in [3.05, 3.63) is 29.3 Å². The highest BCUT2D eigenvalue weighted by Gasteiger charge is 2.30. The minimum Gasteiger partial charge on any atom is -0.462 e. The van der Waals surface area contributed by atoms with Crippen LogP contribution in [0, 0.1) is 0 Å². The zero-order valence-corrected chi connectivity index (χ0v) is 43.5. The molecule has 0 aliphatic heterocycles. The lowest BCUT2D eigenvalue weighted by atomic mass is 10.0. The Morgan fingerprint density at radius 2 is 0.562 bits per heavy atom. The highest BCUT2D eigenvalue weighted by atomic mass is 31.2. The first-order chi connectivity index (χ1) is 31.4. The van der Waals surface area contributed by atoms with Crippen molar-refractivity contribution in [1.82, 2.24) is 0 Å². The van der Waals surface area contributed by atoms with E-state index in [0.717, 1.165) is 64.2 Å². The van der Waals surface area contributed by atoms with Crippen LogP contribution in [0.1, 0.15) is 305 Å². The Hall–Kier alpha value is -1.69. The second-order valence-corrected chi connectivity index (χ2v) is 21.0. The molecule has 64 heavy (non-hydrogen) atoms. The highest BCUT2D eigenvalue weighted by Crippen LogP contribution is 2.48. The third-order valence-corrected chi connectivity index (χ3v) is 14.6. The Balaban J connectivity index is 2.47. The molecule has 0 spiro atoms. The number of unbranched alkanes of at least 4 members (excludes halogenated alkanes) is 36. The third-order valence-electron chi connectivity index (χ3n) is 12.7. The van der Waals surface area contributed by atoms with Gasteiger partial charge in [0.05, 0.1) is 42.9 Å². The van der Waals surface area contributed by atoms with Gasteiger partial charge >= 0.3 is 19.5 Å². The highest BCUT2D eigenvalue weighted by molar-refractivity contribution is 7.62. The van der Waals surface area contributed by atoms with Crippen LogP contribution in [0.25, 0.3) is 0 Å². The van der Waals surface area contributed by atoms with Crippen LogP contribution >= 0.6 is 7.60 Å². The monoisotopic (exact) mass is 919 g/mol. The van der Waals surface area contributed by atoms with Gasteiger partial charge in [0.1, 0.15) is 0 Å². The van der Waals surface area contributed by atoms with Gasteiger partial charge in [-0.15, -0.1) is 0 Å². The summed E-state index contributed by atoms with van der Waals surface area (Å²) in [5, 5.41) is 0.197. The normalized spacial score (nSPS) is 11.7. The van der Waals surface area contributed by atoms with Crippen molar-refractivity contribution in [2.45, 2.75) is 285 Å². The summed E-state index contributed by atoms with van der Waals surface area (Å²) >= 11 is 0. The predicted molar refractivity (Wildman–Crippen MR) is 274 cm³/mol. The molecule has 7 nitrogen and oxygen atoms in total. The molecule has 8 heteroatoms. The van der Waals surface area contributed by atoms with Crippen LogP contribution in [0.3, 0.4) is 0 Å². The van der Waals surface area contributed by atoms with Gasteiger partial charge in [-0.2, -0.15) is 0 Å². The number of carbonyl (C=O) groups excluding carboxylic acids is 2. The molecule has 0 bridgehead atoms. The summed E-state index contributed by atoms with van der Waals surface area (Å²) < 4.78 is 37.5. The van der Waals surface area contributed by atoms with Gasteiger partial charge in [0.2, 0.25) is 0 Å². The number of benzene rings is 1. The molecule has 0 saturated carbocycles. The van der Waals surface area contributed by atoms with E-state index in [1.165, 1.54) is 211 Å². The van der Waals surface area contributed by atoms with E-state index < -0.39 is 19.5 Å². The first-order valence-corrected chi connectivity index (χ1v) is 29.3. The zero-order chi connectivity index (χ0) is 46.4. The largest absolute Gasteiger partial charge is 0.462 e. The number of rotatable bonds is 49. The molecule has 0 heterocycles. The Labute approximate surface area is 396 Å². The molecule has 374 valence electrons. The molecular formula is C56H103O7P. The Morgan fingerprint density at radius 1 is 0.328 bits per heavy atom. The van der Waals surface area contributed by atoms with E-state index in [-0.39, 0.29) is 29.6 Å². The van der Waals surface area contributed by atoms with Gasteiger partial charge in [-0.05, 0) is 43.9 Å². The summed E-state index contributed by atoms with van der Waals surface area (Å²) in [6, 6.07) is 4.54. The number of esters is 2. The standard InChI is InChI=1S/C56H103O7P/c1-5-9-13-15-17-19-21-23-25-27-29-31-33-35-37-39-41-43-45-60-55(57)52-49-53(51-54(50-52)64(59,62-47-11-7-3)63-48-12-8-4)56(58)61-46-44-42-40-38-36-34-32-30-28-26-24-22-20-18-16-14-10-6-2/h49-51H,5-48H2,1-4H3. The molecule has 1 aromatic rings. The minimum atomic E-state index is -3.81. The van der Waals surface area contributed by atoms with Gasteiger partial charge in [-0.3, -0.25) is 4.57 Å². The quantitative estimate of drug-likeness (QED) is 0.0365. The van der Waals surface area contributed by atoms with Gasteiger partial charge in [-0.25, -0.2) is 9.59 Å². The summed E-state index contributed by atoms with van der Waals surface area (Å²) in [6.45, 7) is 9.76. The van der Waals surface area contributed by atoms with Gasteiger partial charge in [-0.1, -0.05) is 259 Å². The van der Waals surface area contributed by atoms with Gasteiger partial charge in [0.25, 0.3) is 0 Å². The van der Waals surface area contributed by atoms with E-state index in [0.29, 0.717) is 13.2 Å². The fraction of sp³-hybridized carbons (Fsp3) is 0.857. The van der Waals surface area contributed by atoms with Crippen LogP contribution < -0.4 is 5.30 Å². The second kappa shape index (κ2) is 45.1. The topological polar surface area (TPSA) is 88.1 Å².